The van der Waals surface area contributed by atoms with Crippen LogP contribution in [-0.4, -0.2) is 54.4 Å². The van der Waals surface area contributed by atoms with Crippen molar-refractivity contribution in [2.75, 3.05) is 39.0 Å². The van der Waals surface area contributed by atoms with E-state index < -0.39 is 0 Å². The Morgan fingerprint density at radius 3 is 2.70 bits per heavy atom. The third kappa shape index (κ3) is 5.57. The Morgan fingerprint density at radius 1 is 1.35 bits per heavy atom. The van der Waals surface area contributed by atoms with E-state index in [4.69, 9.17) is 0 Å². The number of hydrogen-bond acceptors (Lipinski definition) is 4. The van der Waals surface area contributed by atoms with Crippen molar-refractivity contribution < 1.29 is 4.79 Å². The minimum atomic E-state index is 0.138. The van der Waals surface area contributed by atoms with Crippen molar-refractivity contribution in [2.45, 2.75) is 26.8 Å². The molecule has 0 aliphatic heterocycles. The van der Waals surface area contributed by atoms with Crippen LogP contribution >= 0.6 is 0 Å². The largest absolute Gasteiger partial charge is 0.370 e. The molecule has 0 spiro atoms. The van der Waals surface area contributed by atoms with Crippen LogP contribution < -0.4 is 5.32 Å². The zero-order valence-corrected chi connectivity index (χ0v) is 13.0. The third-order valence-electron chi connectivity index (χ3n) is 2.99. The molecule has 1 amide bonds. The van der Waals surface area contributed by atoms with Gasteiger partial charge in [-0.05, 0) is 37.6 Å². The van der Waals surface area contributed by atoms with Crippen LogP contribution in [0.5, 0.6) is 0 Å². The number of amides is 1. The Labute approximate surface area is 122 Å². The number of anilines is 1. The van der Waals surface area contributed by atoms with Gasteiger partial charge in [0.1, 0.15) is 5.82 Å². The second-order valence-electron chi connectivity index (χ2n) is 5.08. The lowest BCUT2D eigenvalue weighted by Gasteiger charge is -2.23. The summed E-state index contributed by atoms with van der Waals surface area (Å²) in [5.74, 6) is 1.03. The summed E-state index contributed by atoms with van der Waals surface area (Å²) in [7, 11) is 3.59. The molecular formula is C15H26N4O. The average molecular weight is 278 g/mol. The third-order valence-corrected chi connectivity index (χ3v) is 2.99. The van der Waals surface area contributed by atoms with Crippen LogP contribution in [0.4, 0.5) is 5.82 Å². The molecule has 1 heterocycles. The van der Waals surface area contributed by atoms with Gasteiger partial charge in [0.2, 0.25) is 5.91 Å². The number of rotatable bonds is 8. The number of pyridine rings is 1. The van der Waals surface area contributed by atoms with Gasteiger partial charge in [-0.15, -0.1) is 0 Å². The smallest absolute Gasteiger partial charge is 0.236 e. The van der Waals surface area contributed by atoms with Crippen LogP contribution in [0.1, 0.15) is 25.8 Å². The molecule has 112 valence electrons. The van der Waals surface area contributed by atoms with Crippen molar-refractivity contribution in [2.24, 2.45) is 0 Å². The molecule has 0 saturated heterocycles. The van der Waals surface area contributed by atoms with Crippen LogP contribution in [0, 0.1) is 0 Å². The zero-order valence-electron chi connectivity index (χ0n) is 13.0. The molecule has 0 radical (unpaired) electrons. The summed E-state index contributed by atoms with van der Waals surface area (Å²) in [6.45, 7) is 7.18. The molecule has 0 bridgehead atoms. The van der Waals surface area contributed by atoms with Crippen molar-refractivity contribution in [3.63, 3.8) is 0 Å². The fourth-order valence-corrected chi connectivity index (χ4v) is 1.97. The van der Waals surface area contributed by atoms with Crippen LogP contribution in [0.15, 0.2) is 18.3 Å². The van der Waals surface area contributed by atoms with Crippen molar-refractivity contribution in [1.82, 2.24) is 14.8 Å². The first kappa shape index (κ1) is 16.4. The number of hydrogen-bond donors (Lipinski definition) is 1. The number of carbonyl (C=O) groups excluding carboxylic acids is 1. The van der Waals surface area contributed by atoms with Gasteiger partial charge in [-0.3, -0.25) is 9.69 Å². The molecule has 1 N–H and O–H groups in total. The molecule has 20 heavy (non-hydrogen) atoms. The maximum Gasteiger partial charge on any atom is 0.236 e. The molecular weight excluding hydrogens is 252 g/mol. The summed E-state index contributed by atoms with van der Waals surface area (Å²) < 4.78 is 0. The minimum Gasteiger partial charge on any atom is -0.370 e. The predicted octanol–water partition coefficient (Wildman–Crippen LogP) is 1.81. The SMILES string of the molecule is CCCN(CC(=O)N(C)C)Cc1ccnc(NCC)c1. The van der Waals surface area contributed by atoms with Crippen molar-refractivity contribution in [3.8, 4) is 0 Å². The second kappa shape index (κ2) is 8.53. The Bertz CT molecular complexity index is 420. The predicted molar refractivity (Wildman–Crippen MR) is 82.7 cm³/mol. The molecule has 0 atom stereocenters. The molecule has 1 rings (SSSR count). The van der Waals surface area contributed by atoms with Crippen molar-refractivity contribution >= 4 is 11.7 Å². The fourth-order valence-electron chi connectivity index (χ4n) is 1.97. The Kier molecular flexibility index (Phi) is 7.01. The first-order valence-corrected chi connectivity index (χ1v) is 7.18. The van der Waals surface area contributed by atoms with Gasteiger partial charge in [-0.1, -0.05) is 6.92 Å². The van der Waals surface area contributed by atoms with Gasteiger partial charge in [-0.25, -0.2) is 4.98 Å². The summed E-state index contributed by atoms with van der Waals surface area (Å²) in [6, 6.07) is 4.05. The highest BCUT2D eigenvalue weighted by Gasteiger charge is 2.12. The topological polar surface area (TPSA) is 48.5 Å². The number of nitrogens with one attached hydrogen (secondary N) is 1. The van der Waals surface area contributed by atoms with E-state index in [1.807, 2.05) is 25.3 Å². The van der Waals surface area contributed by atoms with Gasteiger partial charge >= 0.3 is 0 Å². The molecule has 0 aliphatic carbocycles. The number of carbonyl (C=O) groups is 1. The molecule has 5 nitrogen and oxygen atoms in total. The van der Waals surface area contributed by atoms with E-state index >= 15 is 0 Å². The van der Waals surface area contributed by atoms with Gasteiger partial charge in [0.15, 0.2) is 0 Å². The lowest BCUT2D eigenvalue weighted by molar-refractivity contribution is -0.130. The standard InChI is InChI=1S/C15H26N4O/c1-5-9-19(12-15(20)18(3)4)11-13-7-8-17-14(10-13)16-6-2/h7-8,10H,5-6,9,11-12H2,1-4H3,(H,16,17). The summed E-state index contributed by atoms with van der Waals surface area (Å²) >= 11 is 0. The zero-order chi connectivity index (χ0) is 15.0. The van der Waals surface area contributed by atoms with Gasteiger partial charge in [-0.2, -0.15) is 0 Å². The second-order valence-corrected chi connectivity index (χ2v) is 5.08. The molecule has 1 aromatic heterocycles. The molecule has 0 aromatic carbocycles. The average Bonchev–Trinajstić information content (AvgIpc) is 2.39. The maximum atomic E-state index is 11.8. The van der Waals surface area contributed by atoms with Gasteiger partial charge < -0.3 is 10.2 Å². The van der Waals surface area contributed by atoms with Crippen LogP contribution in [0.2, 0.25) is 0 Å². The lowest BCUT2D eigenvalue weighted by atomic mass is 10.2. The molecule has 0 aliphatic rings. The van der Waals surface area contributed by atoms with Crippen LogP contribution in [-0.2, 0) is 11.3 Å². The summed E-state index contributed by atoms with van der Waals surface area (Å²) in [5, 5.41) is 3.21. The van der Waals surface area contributed by atoms with E-state index in [-0.39, 0.29) is 5.91 Å². The van der Waals surface area contributed by atoms with Crippen LogP contribution in [0.3, 0.4) is 0 Å². The van der Waals surface area contributed by atoms with Gasteiger partial charge in [0.05, 0.1) is 6.54 Å². The van der Waals surface area contributed by atoms with Crippen molar-refractivity contribution in [3.05, 3.63) is 23.9 Å². The highest BCUT2D eigenvalue weighted by Crippen LogP contribution is 2.10. The van der Waals surface area contributed by atoms with E-state index in [2.05, 4.69) is 22.1 Å². The Balaban J connectivity index is 2.69. The normalized spacial score (nSPS) is 10.7. The monoisotopic (exact) mass is 278 g/mol. The lowest BCUT2D eigenvalue weighted by Crippen LogP contribution is -2.36. The van der Waals surface area contributed by atoms with E-state index in [1.54, 1.807) is 19.0 Å². The Hall–Kier alpha value is -1.62. The van der Waals surface area contributed by atoms with Gasteiger partial charge in [0, 0.05) is 33.4 Å². The number of aromatic nitrogens is 1. The Morgan fingerprint density at radius 2 is 2.10 bits per heavy atom. The van der Waals surface area contributed by atoms with Crippen molar-refractivity contribution in [1.29, 1.82) is 0 Å². The van der Waals surface area contributed by atoms with E-state index in [0.717, 1.165) is 31.9 Å². The summed E-state index contributed by atoms with van der Waals surface area (Å²) in [6.07, 6.45) is 2.84. The van der Waals surface area contributed by atoms with E-state index in [9.17, 15) is 4.79 Å². The number of nitrogens with zero attached hydrogens (tertiary/aromatic N) is 3. The highest BCUT2D eigenvalue weighted by atomic mass is 16.2. The maximum absolute atomic E-state index is 11.8. The first-order valence-electron chi connectivity index (χ1n) is 7.18. The minimum absolute atomic E-state index is 0.138. The molecule has 0 saturated carbocycles. The highest BCUT2D eigenvalue weighted by molar-refractivity contribution is 5.77. The molecule has 1 aromatic rings. The summed E-state index contributed by atoms with van der Waals surface area (Å²) in [4.78, 5) is 19.9. The molecule has 0 unspecified atom stereocenters. The first-order chi connectivity index (χ1) is 9.56. The van der Waals surface area contributed by atoms with Crippen LogP contribution in [0.25, 0.3) is 0 Å². The van der Waals surface area contributed by atoms with E-state index in [1.165, 1.54) is 5.56 Å². The number of likely N-dealkylation sites (N-methyl/N-ethyl adjacent to an activating group) is 1. The quantitative estimate of drug-likeness (QED) is 0.788. The summed E-state index contributed by atoms with van der Waals surface area (Å²) in [5.41, 5.74) is 1.18. The fraction of sp³-hybridized carbons (Fsp3) is 0.600. The van der Waals surface area contributed by atoms with E-state index in [0.29, 0.717) is 6.54 Å². The molecule has 5 heteroatoms. The molecule has 0 fully saturated rings. The van der Waals surface area contributed by atoms with Gasteiger partial charge in [0.25, 0.3) is 0 Å².